The Morgan fingerprint density at radius 3 is 2.16 bits per heavy atom. The highest BCUT2D eigenvalue weighted by Gasteiger charge is 2.24. The summed E-state index contributed by atoms with van der Waals surface area (Å²) in [6.07, 6.45) is 1.86. The summed E-state index contributed by atoms with van der Waals surface area (Å²) < 4.78 is 5.40. The van der Waals surface area contributed by atoms with Crippen LogP contribution in [0.1, 0.15) is 40.5 Å². The number of aromatic nitrogens is 4. The number of H-pyrrole nitrogens is 1. The summed E-state index contributed by atoms with van der Waals surface area (Å²) in [6.45, 7) is 9.55. The zero-order valence-electron chi connectivity index (χ0n) is 19.1. The van der Waals surface area contributed by atoms with E-state index < -0.39 is 5.56 Å². The number of halogens is 1. The number of hydrogen-bond donors (Lipinski definition) is 3. The molecule has 31 heavy (non-hydrogen) atoms. The maximum atomic E-state index is 12.6. The maximum Gasteiger partial charge on any atom is 0.279 e. The van der Waals surface area contributed by atoms with Crippen LogP contribution in [-0.4, -0.2) is 82.8 Å². The molecule has 1 fully saturated rings. The van der Waals surface area contributed by atoms with Crippen molar-refractivity contribution in [3.63, 3.8) is 0 Å². The second kappa shape index (κ2) is 14.1. The number of aromatic amines is 1. The molecule has 11 heteroatoms. The number of nitrogens with zero attached hydrogens (tertiary/aromatic N) is 5. The molecule has 0 amide bonds. The molecule has 3 heterocycles. The second-order valence-electron chi connectivity index (χ2n) is 6.26. The lowest BCUT2D eigenvalue weighted by atomic mass is 10.1. The third-order valence-electron chi connectivity index (χ3n) is 4.61. The van der Waals surface area contributed by atoms with E-state index in [9.17, 15) is 15.0 Å². The molecule has 3 N–H and O–H groups in total. The first-order valence-electron chi connectivity index (χ1n) is 10.8. The molecule has 1 aliphatic rings. The highest BCUT2D eigenvalue weighted by atomic mass is 35.5. The monoisotopic (exact) mass is 458 g/mol. The number of anilines is 2. The molecule has 1 saturated heterocycles. The van der Waals surface area contributed by atoms with Gasteiger partial charge in [-0.1, -0.05) is 27.7 Å². The Morgan fingerprint density at radius 2 is 1.65 bits per heavy atom. The first-order chi connectivity index (χ1) is 15.1. The number of rotatable bonds is 7. The van der Waals surface area contributed by atoms with Gasteiger partial charge in [-0.25, -0.2) is 9.97 Å². The first kappa shape index (κ1) is 27.0. The number of ether oxygens (including phenoxy) is 1. The molecule has 176 valence electrons. The molecule has 0 spiro atoms. The van der Waals surface area contributed by atoms with Gasteiger partial charge in [0.1, 0.15) is 5.52 Å². The molecule has 0 unspecified atom stereocenters. The lowest BCUT2D eigenvalue weighted by Crippen LogP contribution is -2.38. The van der Waals surface area contributed by atoms with Gasteiger partial charge in [0, 0.05) is 33.3 Å². The quantitative estimate of drug-likeness (QED) is 0.532. The van der Waals surface area contributed by atoms with E-state index in [0.29, 0.717) is 24.4 Å². The molecule has 0 aromatic carbocycles. The van der Waals surface area contributed by atoms with E-state index in [0.717, 1.165) is 12.8 Å². The van der Waals surface area contributed by atoms with Crippen molar-refractivity contribution in [1.29, 1.82) is 0 Å². The molecule has 1 aliphatic heterocycles. The number of methoxy groups -OCH3 is 1. The highest BCUT2D eigenvalue weighted by Crippen LogP contribution is 2.26. The Bertz CT molecular complexity index is 836. The van der Waals surface area contributed by atoms with Gasteiger partial charge < -0.3 is 24.7 Å². The van der Waals surface area contributed by atoms with Crippen LogP contribution in [0.5, 0.6) is 0 Å². The fourth-order valence-corrected chi connectivity index (χ4v) is 3.38. The van der Waals surface area contributed by atoms with Crippen molar-refractivity contribution in [2.24, 2.45) is 0 Å². The molecule has 3 rings (SSSR count). The number of aliphatic hydroxyl groups is 2. The molecule has 0 saturated carbocycles. The van der Waals surface area contributed by atoms with Crippen molar-refractivity contribution < 1.29 is 14.9 Å². The average molecular weight is 459 g/mol. The number of nitrogens with one attached hydrogen (secondary N) is 1. The van der Waals surface area contributed by atoms with Gasteiger partial charge in [-0.3, -0.25) is 9.78 Å². The Hall–Kier alpha value is -2.01. The van der Waals surface area contributed by atoms with E-state index in [4.69, 9.17) is 16.3 Å². The number of aliphatic hydroxyl groups excluding tert-OH is 2. The van der Waals surface area contributed by atoms with Gasteiger partial charge in [0.25, 0.3) is 5.56 Å². The molecular formula is C20H35ClN6O4. The Kier molecular flexibility index (Phi) is 12.3. The Morgan fingerprint density at radius 1 is 1.06 bits per heavy atom. The van der Waals surface area contributed by atoms with Gasteiger partial charge in [0.05, 0.1) is 19.3 Å². The van der Waals surface area contributed by atoms with E-state index in [2.05, 4.69) is 19.9 Å². The van der Waals surface area contributed by atoms with Gasteiger partial charge in [-0.15, -0.1) is 0 Å². The highest BCUT2D eigenvalue weighted by molar-refractivity contribution is 6.28. The average Bonchev–Trinajstić information content (AvgIpc) is 2.81. The van der Waals surface area contributed by atoms with E-state index in [1.807, 2.05) is 32.6 Å². The van der Waals surface area contributed by atoms with Crippen LogP contribution in [0.25, 0.3) is 11.0 Å². The van der Waals surface area contributed by atoms with Crippen LogP contribution in [-0.2, 0) is 4.74 Å². The second-order valence-corrected chi connectivity index (χ2v) is 6.60. The van der Waals surface area contributed by atoms with Crippen LogP contribution in [0.15, 0.2) is 4.79 Å². The SMILES string of the molecule is CC.CC.COC1CCN(c2nc(Cl)nc3c(=O)[nH]c(N(CCO)CCO)nc23)CC1. The summed E-state index contributed by atoms with van der Waals surface area (Å²) in [7, 11) is 1.70. The molecule has 0 radical (unpaired) electrons. The summed E-state index contributed by atoms with van der Waals surface area (Å²) >= 11 is 6.04. The zero-order chi connectivity index (χ0) is 23.4. The molecule has 2 aromatic rings. The Labute approximate surface area is 188 Å². The minimum Gasteiger partial charge on any atom is -0.395 e. The molecule has 0 atom stereocenters. The molecule has 0 aliphatic carbocycles. The summed E-state index contributed by atoms with van der Waals surface area (Å²) in [4.78, 5) is 31.7. The molecule has 10 nitrogen and oxygen atoms in total. The summed E-state index contributed by atoms with van der Waals surface area (Å²) in [5.74, 6) is 0.745. The number of piperidine rings is 1. The van der Waals surface area contributed by atoms with Crippen LogP contribution in [0.3, 0.4) is 0 Å². The van der Waals surface area contributed by atoms with Crippen LogP contribution >= 0.6 is 11.6 Å². The molecule has 2 aromatic heterocycles. The van der Waals surface area contributed by atoms with Gasteiger partial charge in [-0.2, -0.15) is 4.98 Å². The first-order valence-corrected chi connectivity index (χ1v) is 11.2. The third kappa shape index (κ3) is 6.99. The van der Waals surface area contributed by atoms with Crippen molar-refractivity contribution >= 4 is 34.4 Å². The lowest BCUT2D eigenvalue weighted by Gasteiger charge is -2.32. The van der Waals surface area contributed by atoms with E-state index in [1.54, 1.807) is 12.0 Å². The predicted molar refractivity (Wildman–Crippen MR) is 124 cm³/mol. The van der Waals surface area contributed by atoms with Crippen LogP contribution in [0, 0.1) is 0 Å². The topological polar surface area (TPSA) is 128 Å². The van der Waals surface area contributed by atoms with Crippen molar-refractivity contribution in [2.75, 3.05) is 56.3 Å². The minimum absolute atomic E-state index is 0.0195. The van der Waals surface area contributed by atoms with Crippen LogP contribution in [0.2, 0.25) is 5.28 Å². The summed E-state index contributed by atoms with van der Waals surface area (Å²) in [5, 5.41) is 18.5. The number of fused-ring (bicyclic) bond motifs is 1. The van der Waals surface area contributed by atoms with E-state index in [-0.39, 0.29) is 49.2 Å². The number of hydrogen-bond acceptors (Lipinski definition) is 9. The third-order valence-corrected chi connectivity index (χ3v) is 4.78. The van der Waals surface area contributed by atoms with Gasteiger partial charge >= 0.3 is 0 Å². The smallest absolute Gasteiger partial charge is 0.279 e. The van der Waals surface area contributed by atoms with Crippen molar-refractivity contribution in [2.45, 2.75) is 46.6 Å². The lowest BCUT2D eigenvalue weighted by molar-refractivity contribution is 0.0818. The predicted octanol–water partition coefficient (Wildman–Crippen LogP) is 1.83. The van der Waals surface area contributed by atoms with Crippen LogP contribution < -0.4 is 15.4 Å². The van der Waals surface area contributed by atoms with Gasteiger partial charge in [-0.05, 0) is 24.4 Å². The molecule has 0 bridgehead atoms. The van der Waals surface area contributed by atoms with Crippen LogP contribution in [0.4, 0.5) is 11.8 Å². The molecular weight excluding hydrogens is 424 g/mol. The maximum absolute atomic E-state index is 12.6. The minimum atomic E-state index is -0.451. The summed E-state index contributed by atoms with van der Waals surface area (Å²) in [5.41, 5.74) is -0.00124. The van der Waals surface area contributed by atoms with E-state index in [1.165, 1.54) is 0 Å². The fraction of sp³-hybridized carbons (Fsp3) is 0.700. The van der Waals surface area contributed by atoms with Crippen molar-refractivity contribution in [3.05, 3.63) is 15.6 Å². The largest absolute Gasteiger partial charge is 0.395 e. The normalized spacial score (nSPS) is 13.9. The zero-order valence-corrected chi connectivity index (χ0v) is 19.8. The fourth-order valence-electron chi connectivity index (χ4n) is 3.21. The van der Waals surface area contributed by atoms with Gasteiger partial charge in [0.2, 0.25) is 11.2 Å². The summed E-state index contributed by atoms with van der Waals surface area (Å²) in [6, 6.07) is 0. The van der Waals surface area contributed by atoms with Crippen molar-refractivity contribution in [1.82, 2.24) is 19.9 Å². The van der Waals surface area contributed by atoms with Gasteiger partial charge in [0.15, 0.2) is 11.3 Å². The van der Waals surface area contributed by atoms with Crippen molar-refractivity contribution in [3.8, 4) is 0 Å². The van der Waals surface area contributed by atoms with E-state index >= 15 is 0 Å². The Balaban J connectivity index is 0.00000113. The standard InChI is InChI=1S/C16H23ClN6O4.2C2H6/c1-27-10-2-4-22(5-3-10)13-11-12(18-15(17)20-13)14(26)21-16(19-11)23(6-8-24)7-9-25;2*1-2/h10,24-25H,2-9H2,1H3,(H,19,21,26);2*1-2H3.